The van der Waals surface area contributed by atoms with E-state index >= 15 is 0 Å². The fraction of sp³-hybridized carbons (Fsp3) is 0.250. The summed E-state index contributed by atoms with van der Waals surface area (Å²) in [5.41, 5.74) is 5.11. The molecule has 7 heteroatoms. The van der Waals surface area contributed by atoms with Gasteiger partial charge in [-0.3, -0.25) is 9.69 Å². The lowest BCUT2D eigenvalue weighted by atomic mass is 9.96. The number of sulfonamides is 1. The van der Waals surface area contributed by atoms with Crippen molar-refractivity contribution in [3.63, 3.8) is 0 Å². The number of carbonyl (C=O) groups excluding carboxylic acids is 1. The van der Waals surface area contributed by atoms with Crippen molar-refractivity contribution in [2.45, 2.75) is 24.8 Å². The first-order valence-electron chi connectivity index (χ1n) is 11.8. The Bertz CT molecular complexity index is 1330. The predicted molar refractivity (Wildman–Crippen MR) is 138 cm³/mol. The summed E-state index contributed by atoms with van der Waals surface area (Å²) in [7, 11) is -3.68. The van der Waals surface area contributed by atoms with Crippen molar-refractivity contribution >= 4 is 27.2 Å². The number of allylic oxidation sites excluding steroid dienone is 1. The van der Waals surface area contributed by atoms with Crippen LogP contribution in [0.5, 0.6) is 0 Å². The normalized spacial score (nSPS) is 16.9. The van der Waals surface area contributed by atoms with Crippen molar-refractivity contribution in [1.82, 2.24) is 9.21 Å². The minimum Gasteiger partial charge on any atom is -0.321 e. The minimum absolute atomic E-state index is 0.0690. The topological polar surface area (TPSA) is 69.7 Å². The Kier molecular flexibility index (Phi) is 6.32. The lowest BCUT2D eigenvalue weighted by Crippen LogP contribution is -2.49. The fourth-order valence-electron chi connectivity index (χ4n) is 5.04. The van der Waals surface area contributed by atoms with E-state index in [1.165, 1.54) is 11.1 Å². The van der Waals surface area contributed by atoms with Gasteiger partial charge in [0.05, 0.1) is 10.9 Å². The molecule has 0 aromatic heterocycles. The van der Waals surface area contributed by atoms with Gasteiger partial charge in [-0.05, 0) is 43.2 Å². The van der Waals surface area contributed by atoms with E-state index < -0.39 is 10.0 Å². The van der Waals surface area contributed by atoms with E-state index in [-0.39, 0.29) is 16.8 Å². The molecular weight excluding hydrogens is 458 g/mol. The SMILES string of the molecule is CC(C)=C1C(=O)Nc2ccc(S(=O)(=O)N3CCN(C(c4ccccc4)c4ccccc4)CC3)cc21. The molecule has 1 saturated heterocycles. The van der Waals surface area contributed by atoms with Crippen LogP contribution in [-0.4, -0.2) is 49.7 Å². The number of hydrogen-bond acceptors (Lipinski definition) is 4. The van der Waals surface area contributed by atoms with Crippen molar-refractivity contribution in [2.75, 3.05) is 31.5 Å². The van der Waals surface area contributed by atoms with Crippen molar-refractivity contribution < 1.29 is 13.2 Å². The second kappa shape index (κ2) is 9.41. The summed E-state index contributed by atoms with van der Waals surface area (Å²) in [6.45, 7) is 5.78. The first-order chi connectivity index (χ1) is 16.9. The Hall–Kier alpha value is -3.26. The van der Waals surface area contributed by atoms with Gasteiger partial charge in [-0.15, -0.1) is 0 Å². The number of benzene rings is 3. The van der Waals surface area contributed by atoms with Gasteiger partial charge < -0.3 is 5.32 Å². The van der Waals surface area contributed by atoms with E-state index in [4.69, 9.17) is 0 Å². The van der Waals surface area contributed by atoms with E-state index in [0.29, 0.717) is 43.0 Å². The van der Waals surface area contributed by atoms with Crippen LogP contribution in [0.3, 0.4) is 0 Å². The Morgan fingerprint density at radius 1 is 0.829 bits per heavy atom. The molecule has 0 unspecified atom stereocenters. The highest BCUT2D eigenvalue weighted by molar-refractivity contribution is 7.89. The molecule has 0 bridgehead atoms. The summed E-state index contributed by atoms with van der Waals surface area (Å²) in [4.78, 5) is 14.9. The predicted octanol–water partition coefficient (Wildman–Crippen LogP) is 4.53. The maximum absolute atomic E-state index is 13.5. The van der Waals surface area contributed by atoms with Crippen LogP contribution in [0.25, 0.3) is 5.57 Å². The minimum atomic E-state index is -3.68. The average molecular weight is 488 g/mol. The van der Waals surface area contributed by atoms with Crippen molar-refractivity contribution in [2.24, 2.45) is 0 Å². The molecule has 3 aromatic carbocycles. The third-order valence-corrected chi connectivity index (χ3v) is 8.64. The van der Waals surface area contributed by atoms with Gasteiger partial charge >= 0.3 is 0 Å². The summed E-state index contributed by atoms with van der Waals surface area (Å²) < 4.78 is 28.7. The molecule has 1 fully saturated rings. The van der Waals surface area contributed by atoms with E-state index in [1.807, 2.05) is 50.2 Å². The molecular formula is C28H29N3O3S. The highest BCUT2D eigenvalue weighted by Crippen LogP contribution is 2.36. The molecule has 3 aromatic rings. The van der Waals surface area contributed by atoms with Crippen LogP contribution in [0, 0.1) is 0 Å². The average Bonchev–Trinajstić information content (AvgIpc) is 3.21. The van der Waals surface area contributed by atoms with Gasteiger partial charge in [-0.25, -0.2) is 8.42 Å². The van der Waals surface area contributed by atoms with Crippen molar-refractivity contribution in [1.29, 1.82) is 0 Å². The zero-order valence-electron chi connectivity index (χ0n) is 19.9. The monoisotopic (exact) mass is 487 g/mol. The number of carbonyl (C=O) groups is 1. The zero-order chi connectivity index (χ0) is 24.6. The Labute approximate surface area is 206 Å². The summed E-state index contributed by atoms with van der Waals surface area (Å²) in [5, 5.41) is 2.82. The van der Waals surface area contributed by atoms with Crippen LogP contribution in [0.1, 0.15) is 36.6 Å². The quantitative estimate of drug-likeness (QED) is 0.537. The van der Waals surface area contributed by atoms with Gasteiger partial charge in [0.2, 0.25) is 10.0 Å². The van der Waals surface area contributed by atoms with E-state index in [9.17, 15) is 13.2 Å². The molecule has 0 aliphatic carbocycles. The molecule has 35 heavy (non-hydrogen) atoms. The smallest absolute Gasteiger partial charge is 0.256 e. The number of fused-ring (bicyclic) bond motifs is 1. The molecule has 0 atom stereocenters. The molecule has 5 rings (SSSR count). The summed E-state index contributed by atoms with van der Waals surface area (Å²) in [6.07, 6.45) is 0. The second-order valence-electron chi connectivity index (χ2n) is 9.20. The molecule has 0 spiro atoms. The largest absolute Gasteiger partial charge is 0.321 e. The van der Waals surface area contributed by atoms with Crippen molar-refractivity contribution in [3.05, 3.63) is 101 Å². The second-order valence-corrected chi connectivity index (χ2v) is 11.1. The van der Waals surface area contributed by atoms with Crippen LogP contribution >= 0.6 is 0 Å². The first-order valence-corrected chi connectivity index (χ1v) is 13.3. The fourth-order valence-corrected chi connectivity index (χ4v) is 6.49. The molecule has 180 valence electrons. The van der Waals surface area contributed by atoms with Crippen LogP contribution in [-0.2, 0) is 14.8 Å². The molecule has 0 saturated carbocycles. The summed E-state index contributed by atoms with van der Waals surface area (Å²) in [6, 6.07) is 25.7. The molecule has 2 aliphatic rings. The Morgan fingerprint density at radius 2 is 1.40 bits per heavy atom. The highest BCUT2D eigenvalue weighted by atomic mass is 32.2. The van der Waals surface area contributed by atoms with Crippen LogP contribution < -0.4 is 5.32 Å². The highest BCUT2D eigenvalue weighted by Gasteiger charge is 2.34. The zero-order valence-corrected chi connectivity index (χ0v) is 20.8. The van der Waals surface area contributed by atoms with E-state index in [0.717, 1.165) is 5.57 Å². The van der Waals surface area contributed by atoms with Gasteiger partial charge in [0.1, 0.15) is 0 Å². The number of nitrogens with one attached hydrogen (secondary N) is 1. The summed E-state index contributed by atoms with van der Waals surface area (Å²) in [5.74, 6) is -0.184. The van der Waals surface area contributed by atoms with Crippen LogP contribution in [0.2, 0.25) is 0 Å². The lowest BCUT2D eigenvalue weighted by molar-refractivity contribution is -0.110. The van der Waals surface area contributed by atoms with Crippen LogP contribution in [0.15, 0.2) is 89.3 Å². The Balaban J connectivity index is 1.38. The standard InChI is InChI=1S/C28H29N3O3S/c1-20(2)26-24-19-23(13-14-25(24)29-28(26)32)35(33,34)31-17-15-30(16-18-31)27(21-9-5-3-6-10-21)22-11-7-4-8-12-22/h3-14,19,27H,15-18H2,1-2H3,(H,29,32). The third kappa shape index (κ3) is 4.43. The number of hydrogen-bond donors (Lipinski definition) is 1. The van der Waals surface area contributed by atoms with Gasteiger partial charge in [-0.1, -0.05) is 66.2 Å². The molecule has 2 heterocycles. The van der Waals surface area contributed by atoms with Gasteiger partial charge in [0.15, 0.2) is 0 Å². The number of nitrogens with zero attached hydrogens (tertiary/aromatic N) is 2. The molecule has 2 aliphatic heterocycles. The molecule has 6 nitrogen and oxygen atoms in total. The third-order valence-electron chi connectivity index (χ3n) is 6.74. The lowest BCUT2D eigenvalue weighted by Gasteiger charge is -2.39. The maximum atomic E-state index is 13.5. The number of anilines is 1. The van der Waals surface area contributed by atoms with E-state index in [2.05, 4.69) is 34.5 Å². The summed E-state index contributed by atoms with van der Waals surface area (Å²) >= 11 is 0. The Morgan fingerprint density at radius 3 is 1.94 bits per heavy atom. The van der Waals surface area contributed by atoms with Crippen LogP contribution in [0.4, 0.5) is 5.69 Å². The van der Waals surface area contributed by atoms with Gasteiger partial charge in [0.25, 0.3) is 5.91 Å². The molecule has 1 N–H and O–H groups in total. The van der Waals surface area contributed by atoms with E-state index in [1.54, 1.807) is 22.5 Å². The van der Waals surface area contributed by atoms with Gasteiger partial charge in [0, 0.05) is 43.0 Å². The molecule has 1 amide bonds. The van der Waals surface area contributed by atoms with Crippen molar-refractivity contribution in [3.8, 4) is 0 Å². The maximum Gasteiger partial charge on any atom is 0.256 e. The molecule has 0 radical (unpaired) electrons. The first kappa shape index (κ1) is 23.5. The number of amides is 1. The number of piperazine rings is 1. The number of rotatable bonds is 5. The van der Waals surface area contributed by atoms with Gasteiger partial charge in [-0.2, -0.15) is 4.31 Å².